The van der Waals surface area contributed by atoms with Gasteiger partial charge in [0, 0.05) is 51.0 Å². The number of nitrogens with one attached hydrogen (secondary N) is 1. The van der Waals surface area contributed by atoms with E-state index in [0.29, 0.717) is 5.56 Å². The van der Waals surface area contributed by atoms with Gasteiger partial charge in [-0.05, 0) is 48.0 Å². The molecular formula is C28H31N5O2. The molecule has 0 radical (unpaired) electrons. The van der Waals surface area contributed by atoms with Crippen LogP contribution < -0.4 is 10.1 Å². The lowest BCUT2D eigenvalue weighted by molar-refractivity contribution is 0.102. The van der Waals surface area contributed by atoms with Gasteiger partial charge in [-0.1, -0.05) is 30.3 Å². The van der Waals surface area contributed by atoms with Crippen molar-refractivity contribution < 1.29 is 9.53 Å². The highest BCUT2D eigenvalue weighted by Crippen LogP contribution is 2.22. The van der Waals surface area contributed by atoms with Crippen molar-refractivity contribution in [2.24, 2.45) is 7.05 Å². The number of amides is 1. The molecule has 0 aliphatic carbocycles. The number of ether oxygens (including phenoxy) is 1. The van der Waals surface area contributed by atoms with Crippen molar-refractivity contribution in [1.29, 1.82) is 0 Å². The Morgan fingerprint density at radius 1 is 0.914 bits per heavy atom. The van der Waals surface area contributed by atoms with E-state index >= 15 is 0 Å². The number of piperazine rings is 1. The zero-order chi connectivity index (χ0) is 24.2. The number of carbonyl (C=O) groups is 1. The SMILES string of the molecule is COc1ccc(C(=O)Nc2ccc3c(c2)nc(CN2CCN(Cc4ccccc4)CC2)n3C)cc1. The van der Waals surface area contributed by atoms with Crippen molar-refractivity contribution in [3.63, 3.8) is 0 Å². The van der Waals surface area contributed by atoms with Crippen LogP contribution in [0.1, 0.15) is 21.7 Å². The van der Waals surface area contributed by atoms with Gasteiger partial charge >= 0.3 is 0 Å². The quantitative estimate of drug-likeness (QED) is 0.441. The van der Waals surface area contributed by atoms with E-state index in [2.05, 4.69) is 57.1 Å². The van der Waals surface area contributed by atoms with Gasteiger partial charge in [0.15, 0.2) is 0 Å². The van der Waals surface area contributed by atoms with Crippen molar-refractivity contribution in [2.75, 3.05) is 38.6 Å². The minimum atomic E-state index is -0.156. The fourth-order valence-electron chi connectivity index (χ4n) is 4.56. The number of aryl methyl sites for hydroxylation is 1. The van der Waals surface area contributed by atoms with E-state index in [4.69, 9.17) is 9.72 Å². The molecule has 1 aromatic heterocycles. The van der Waals surface area contributed by atoms with Crippen molar-refractivity contribution in [2.45, 2.75) is 13.1 Å². The second-order valence-electron chi connectivity index (χ2n) is 9.01. The van der Waals surface area contributed by atoms with E-state index in [-0.39, 0.29) is 5.91 Å². The minimum Gasteiger partial charge on any atom is -0.497 e. The Bertz CT molecular complexity index is 1290. The first-order valence-electron chi connectivity index (χ1n) is 12.0. The van der Waals surface area contributed by atoms with Crippen LogP contribution in [-0.4, -0.2) is 58.5 Å². The van der Waals surface area contributed by atoms with Crippen LogP contribution in [0.3, 0.4) is 0 Å². The predicted molar refractivity (Wildman–Crippen MR) is 139 cm³/mol. The monoisotopic (exact) mass is 469 g/mol. The summed E-state index contributed by atoms with van der Waals surface area (Å²) >= 11 is 0. The Morgan fingerprint density at radius 2 is 1.60 bits per heavy atom. The number of hydrogen-bond donors (Lipinski definition) is 1. The Balaban J connectivity index is 1.21. The molecule has 7 heteroatoms. The molecule has 1 N–H and O–H groups in total. The van der Waals surface area contributed by atoms with E-state index in [1.54, 1.807) is 31.4 Å². The van der Waals surface area contributed by atoms with Crippen LogP contribution in [0.4, 0.5) is 5.69 Å². The second kappa shape index (κ2) is 10.3. The smallest absolute Gasteiger partial charge is 0.255 e. The van der Waals surface area contributed by atoms with Gasteiger partial charge in [-0.25, -0.2) is 4.98 Å². The highest BCUT2D eigenvalue weighted by molar-refractivity contribution is 6.05. The van der Waals surface area contributed by atoms with Gasteiger partial charge in [-0.2, -0.15) is 0 Å². The van der Waals surface area contributed by atoms with Gasteiger partial charge < -0.3 is 14.6 Å². The summed E-state index contributed by atoms with van der Waals surface area (Å²) in [7, 11) is 3.67. The van der Waals surface area contributed by atoms with Crippen molar-refractivity contribution in [1.82, 2.24) is 19.4 Å². The first-order chi connectivity index (χ1) is 17.1. The van der Waals surface area contributed by atoms with Gasteiger partial charge in [0.2, 0.25) is 0 Å². The zero-order valence-electron chi connectivity index (χ0n) is 20.3. The van der Waals surface area contributed by atoms with Crippen molar-refractivity contribution in [3.8, 4) is 5.75 Å². The summed E-state index contributed by atoms with van der Waals surface area (Å²) < 4.78 is 7.32. The summed E-state index contributed by atoms with van der Waals surface area (Å²) in [5.74, 6) is 1.60. The van der Waals surface area contributed by atoms with Crippen LogP contribution in [0, 0.1) is 0 Å². The molecule has 1 aliphatic heterocycles. The molecule has 1 amide bonds. The second-order valence-corrected chi connectivity index (χ2v) is 9.01. The fourth-order valence-corrected chi connectivity index (χ4v) is 4.56. The van der Waals surface area contributed by atoms with E-state index in [9.17, 15) is 4.79 Å². The van der Waals surface area contributed by atoms with Crippen LogP contribution in [0.25, 0.3) is 11.0 Å². The molecule has 0 unspecified atom stereocenters. The highest BCUT2D eigenvalue weighted by atomic mass is 16.5. The van der Waals surface area contributed by atoms with Crippen LogP contribution in [-0.2, 0) is 20.1 Å². The summed E-state index contributed by atoms with van der Waals surface area (Å²) in [6.07, 6.45) is 0. The Morgan fingerprint density at radius 3 is 2.29 bits per heavy atom. The molecule has 35 heavy (non-hydrogen) atoms. The van der Waals surface area contributed by atoms with E-state index < -0.39 is 0 Å². The standard InChI is InChI=1S/C28H31N5O2/c1-31-26-13-10-23(29-28(34)22-8-11-24(35-2)12-9-22)18-25(26)30-27(31)20-33-16-14-32(15-17-33)19-21-6-4-3-5-7-21/h3-13,18H,14-17,19-20H2,1-2H3,(H,29,34). The van der Waals surface area contributed by atoms with Crippen molar-refractivity contribution >= 4 is 22.6 Å². The van der Waals surface area contributed by atoms with Gasteiger partial charge in [0.05, 0.1) is 24.7 Å². The number of hydrogen-bond acceptors (Lipinski definition) is 5. The lowest BCUT2D eigenvalue weighted by Crippen LogP contribution is -2.45. The van der Waals surface area contributed by atoms with Crippen molar-refractivity contribution in [3.05, 3.63) is 89.7 Å². The number of imidazole rings is 1. The predicted octanol–water partition coefficient (Wildman–Crippen LogP) is 4.15. The third kappa shape index (κ3) is 5.37. The maximum atomic E-state index is 12.6. The third-order valence-corrected chi connectivity index (χ3v) is 6.66. The summed E-state index contributed by atoms with van der Waals surface area (Å²) in [4.78, 5) is 22.5. The number of carbonyl (C=O) groups excluding carboxylic acids is 1. The Kier molecular flexibility index (Phi) is 6.79. The number of methoxy groups -OCH3 is 1. The van der Waals surface area contributed by atoms with E-state index in [1.165, 1.54) is 5.56 Å². The molecule has 0 bridgehead atoms. The lowest BCUT2D eigenvalue weighted by atomic mass is 10.2. The molecule has 1 aliphatic rings. The molecule has 0 saturated carbocycles. The average molecular weight is 470 g/mol. The summed E-state index contributed by atoms with van der Waals surface area (Å²) in [6, 6.07) is 23.6. The fraction of sp³-hybridized carbons (Fsp3) is 0.286. The van der Waals surface area contributed by atoms with E-state index in [1.807, 2.05) is 18.2 Å². The highest BCUT2D eigenvalue weighted by Gasteiger charge is 2.19. The number of rotatable bonds is 7. The molecule has 4 aromatic rings. The summed E-state index contributed by atoms with van der Waals surface area (Å²) in [5.41, 5.74) is 4.63. The normalized spacial score (nSPS) is 14.8. The molecular weight excluding hydrogens is 438 g/mol. The molecule has 5 rings (SSSR count). The molecule has 0 spiro atoms. The number of anilines is 1. The molecule has 1 saturated heterocycles. The topological polar surface area (TPSA) is 62.6 Å². The molecule has 0 atom stereocenters. The third-order valence-electron chi connectivity index (χ3n) is 6.66. The van der Waals surface area contributed by atoms with E-state index in [0.717, 1.165) is 67.6 Å². The maximum absolute atomic E-state index is 12.6. The number of nitrogens with zero attached hydrogens (tertiary/aromatic N) is 4. The van der Waals surface area contributed by atoms with Crippen LogP contribution in [0.15, 0.2) is 72.8 Å². The number of benzene rings is 3. The van der Waals surface area contributed by atoms with Gasteiger partial charge in [-0.3, -0.25) is 14.6 Å². The maximum Gasteiger partial charge on any atom is 0.255 e. The number of fused-ring (bicyclic) bond motifs is 1. The summed E-state index contributed by atoms with van der Waals surface area (Å²) in [6.45, 7) is 5.99. The Hall–Kier alpha value is -3.68. The minimum absolute atomic E-state index is 0.156. The Labute approximate surface area is 205 Å². The van der Waals surface area contributed by atoms with Gasteiger partial charge in [0.25, 0.3) is 5.91 Å². The van der Waals surface area contributed by atoms with Crippen LogP contribution >= 0.6 is 0 Å². The van der Waals surface area contributed by atoms with Crippen LogP contribution in [0.5, 0.6) is 5.75 Å². The molecule has 2 heterocycles. The molecule has 180 valence electrons. The van der Waals surface area contributed by atoms with Crippen LogP contribution in [0.2, 0.25) is 0 Å². The average Bonchev–Trinajstić information content (AvgIpc) is 3.20. The molecule has 3 aromatic carbocycles. The first kappa shape index (κ1) is 23.1. The summed E-state index contributed by atoms with van der Waals surface area (Å²) in [5, 5.41) is 2.98. The number of aromatic nitrogens is 2. The first-order valence-corrected chi connectivity index (χ1v) is 12.0. The largest absolute Gasteiger partial charge is 0.497 e. The molecule has 1 fully saturated rings. The molecule has 7 nitrogen and oxygen atoms in total. The zero-order valence-corrected chi connectivity index (χ0v) is 20.3. The lowest BCUT2D eigenvalue weighted by Gasteiger charge is -2.34. The van der Waals surface area contributed by atoms with Gasteiger partial charge in [0.1, 0.15) is 11.6 Å². The van der Waals surface area contributed by atoms with Gasteiger partial charge in [-0.15, -0.1) is 0 Å².